The molecule has 0 fully saturated rings. The van der Waals surface area contributed by atoms with Gasteiger partial charge in [0.05, 0.1) is 0 Å². The van der Waals surface area contributed by atoms with Crippen LogP contribution in [-0.4, -0.2) is 12.1 Å². The molecule has 0 saturated heterocycles. The van der Waals surface area contributed by atoms with Crippen LogP contribution in [0, 0.1) is 0 Å². The standard InChI is InChI=1S/C26H36N2/c1-19(2)17-25(27-21(5)23-13-9-7-10-14-23)26(18-20(3)4)28-22(6)24-15-11-8-12-16-24/h7-16,21-22,25-28H,1,3,17-18H2,2,4-6H3/t21-,22-,25+,26+/m0/s1. The highest BCUT2D eigenvalue weighted by molar-refractivity contribution is 5.20. The second-order valence-corrected chi connectivity index (χ2v) is 8.13. The van der Waals surface area contributed by atoms with Crippen molar-refractivity contribution in [3.05, 3.63) is 96.1 Å². The molecule has 0 aliphatic carbocycles. The van der Waals surface area contributed by atoms with E-state index in [4.69, 9.17) is 0 Å². The minimum atomic E-state index is 0.270. The molecule has 150 valence electrons. The fourth-order valence-corrected chi connectivity index (χ4v) is 3.70. The van der Waals surface area contributed by atoms with Crippen molar-refractivity contribution in [2.45, 2.75) is 64.7 Å². The Bertz CT molecular complexity index is 670. The Hall–Kier alpha value is -2.16. The fraction of sp³-hybridized carbons (Fsp3) is 0.385. The SMILES string of the molecule is C=C(C)C[C@@H](N[C@@H](C)c1ccccc1)[C@@H](CC(=C)C)N[C@@H](C)c1ccccc1. The zero-order chi connectivity index (χ0) is 20.5. The molecule has 0 spiro atoms. The van der Waals surface area contributed by atoms with Gasteiger partial charge in [-0.05, 0) is 51.7 Å². The van der Waals surface area contributed by atoms with Crippen LogP contribution >= 0.6 is 0 Å². The van der Waals surface area contributed by atoms with E-state index in [2.05, 4.69) is 112 Å². The maximum absolute atomic E-state index is 4.18. The van der Waals surface area contributed by atoms with E-state index in [9.17, 15) is 0 Å². The molecule has 0 aliphatic heterocycles. The second-order valence-electron chi connectivity index (χ2n) is 8.13. The van der Waals surface area contributed by atoms with Crippen LogP contribution in [0.4, 0.5) is 0 Å². The highest BCUT2D eigenvalue weighted by Gasteiger charge is 2.25. The molecule has 0 aromatic heterocycles. The molecular formula is C26H36N2. The van der Waals surface area contributed by atoms with Gasteiger partial charge in [0.1, 0.15) is 0 Å². The Morgan fingerprint density at radius 3 is 1.29 bits per heavy atom. The number of hydrogen-bond donors (Lipinski definition) is 2. The molecule has 0 radical (unpaired) electrons. The summed E-state index contributed by atoms with van der Waals surface area (Å²) in [7, 11) is 0. The first-order chi connectivity index (χ1) is 13.4. The smallest absolute Gasteiger partial charge is 0.0295 e. The van der Waals surface area contributed by atoms with Gasteiger partial charge in [0.2, 0.25) is 0 Å². The van der Waals surface area contributed by atoms with Crippen molar-refractivity contribution in [2.24, 2.45) is 0 Å². The van der Waals surface area contributed by atoms with Crippen LogP contribution in [0.25, 0.3) is 0 Å². The van der Waals surface area contributed by atoms with Crippen molar-refractivity contribution in [1.29, 1.82) is 0 Å². The molecule has 0 amide bonds. The molecule has 4 atom stereocenters. The van der Waals surface area contributed by atoms with Gasteiger partial charge in [-0.15, -0.1) is 13.2 Å². The molecule has 2 aromatic rings. The first kappa shape index (κ1) is 22.1. The zero-order valence-corrected chi connectivity index (χ0v) is 17.9. The van der Waals surface area contributed by atoms with E-state index < -0.39 is 0 Å². The van der Waals surface area contributed by atoms with Crippen LogP contribution in [0.3, 0.4) is 0 Å². The molecule has 0 aliphatic rings. The summed E-state index contributed by atoms with van der Waals surface area (Å²) in [5.74, 6) is 0. The van der Waals surface area contributed by atoms with Gasteiger partial charge >= 0.3 is 0 Å². The van der Waals surface area contributed by atoms with Crippen LogP contribution < -0.4 is 10.6 Å². The molecule has 2 heteroatoms. The third-order valence-corrected chi connectivity index (χ3v) is 5.15. The summed E-state index contributed by atoms with van der Waals surface area (Å²) in [5, 5.41) is 7.72. The van der Waals surface area contributed by atoms with Gasteiger partial charge in [-0.25, -0.2) is 0 Å². The Labute approximate surface area is 171 Å². The predicted molar refractivity (Wildman–Crippen MR) is 122 cm³/mol. The first-order valence-corrected chi connectivity index (χ1v) is 10.3. The quantitative estimate of drug-likeness (QED) is 0.446. The lowest BCUT2D eigenvalue weighted by Crippen LogP contribution is -2.49. The van der Waals surface area contributed by atoms with Crippen LogP contribution in [0.2, 0.25) is 0 Å². The van der Waals surface area contributed by atoms with Gasteiger partial charge < -0.3 is 10.6 Å². The zero-order valence-electron chi connectivity index (χ0n) is 17.9. The molecule has 0 unspecified atom stereocenters. The average Bonchev–Trinajstić information content (AvgIpc) is 2.67. The van der Waals surface area contributed by atoms with Crippen molar-refractivity contribution >= 4 is 0 Å². The summed E-state index contributed by atoms with van der Waals surface area (Å²) in [6, 6.07) is 22.3. The van der Waals surface area contributed by atoms with Crippen LogP contribution in [0.15, 0.2) is 85.0 Å². The number of hydrogen-bond acceptors (Lipinski definition) is 2. The third-order valence-electron chi connectivity index (χ3n) is 5.15. The summed E-state index contributed by atoms with van der Waals surface area (Å²) in [5.41, 5.74) is 5.00. The molecule has 28 heavy (non-hydrogen) atoms. The Kier molecular flexibility index (Phi) is 8.69. The van der Waals surface area contributed by atoms with E-state index in [-0.39, 0.29) is 24.2 Å². The maximum Gasteiger partial charge on any atom is 0.0295 e. The minimum absolute atomic E-state index is 0.270. The first-order valence-electron chi connectivity index (χ1n) is 10.3. The van der Waals surface area contributed by atoms with Gasteiger partial charge in [0.25, 0.3) is 0 Å². The van der Waals surface area contributed by atoms with Gasteiger partial charge in [0, 0.05) is 24.2 Å². The van der Waals surface area contributed by atoms with Crippen LogP contribution in [0.1, 0.15) is 63.7 Å². The van der Waals surface area contributed by atoms with Gasteiger partial charge in [0.15, 0.2) is 0 Å². The van der Waals surface area contributed by atoms with Gasteiger partial charge in [-0.1, -0.05) is 71.8 Å². The van der Waals surface area contributed by atoms with Crippen molar-refractivity contribution in [3.8, 4) is 0 Å². The minimum Gasteiger partial charge on any atom is -0.306 e. The number of rotatable bonds is 11. The molecule has 2 aromatic carbocycles. The Balaban J connectivity index is 2.20. The number of benzene rings is 2. The number of nitrogens with one attached hydrogen (secondary N) is 2. The van der Waals surface area contributed by atoms with Crippen LogP contribution in [-0.2, 0) is 0 Å². The molecular weight excluding hydrogens is 340 g/mol. The van der Waals surface area contributed by atoms with E-state index in [1.807, 2.05) is 0 Å². The maximum atomic E-state index is 4.18. The topological polar surface area (TPSA) is 24.1 Å². The van der Waals surface area contributed by atoms with E-state index in [0.29, 0.717) is 0 Å². The second kappa shape index (κ2) is 11.0. The largest absolute Gasteiger partial charge is 0.306 e. The highest BCUT2D eigenvalue weighted by atomic mass is 15.1. The Morgan fingerprint density at radius 1 is 0.679 bits per heavy atom. The highest BCUT2D eigenvalue weighted by Crippen LogP contribution is 2.22. The lowest BCUT2D eigenvalue weighted by Gasteiger charge is -2.34. The van der Waals surface area contributed by atoms with Crippen LogP contribution in [0.5, 0.6) is 0 Å². The van der Waals surface area contributed by atoms with E-state index in [1.165, 1.54) is 22.3 Å². The molecule has 2 nitrogen and oxygen atoms in total. The predicted octanol–water partition coefficient (Wildman–Crippen LogP) is 6.36. The molecule has 2 rings (SSSR count). The third kappa shape index (κ3) is 7.10. The normalized spacial score (nSPS) is 15.4. The van der Waals surface area contributed by atoms with Crippen molar-refractivity contribution in [3.63, 3.8) is 0 Å². The van der Waals surface area contributed by atoms with E-state index in [1.54, 1.807) is 0 Å². The van der Waals surface area contributed by atoms with E-state index >= 15 is 0 Å². The van der Waals surface area contributed by atoms with Crippen molar-refractivity contribution < 1.29 is 0 Å². The monoisotopic (exact) mass is 376 g/mol. The lowest BCUT2D eigenvalue weighted by atomic mass is 9.93. The summed E-state index contributed by atoms with van der Waals surface area (Å²) in [4.78, 5) is 0. The summed E-state index contributed by atoms with van der Waals surface area (Å²) >= 11 is 0. The summed E-state index contributed by atoms with van der Waals surface area (Å²) < 4.78 is 0. The van der Waals surface area contributed by atoms with Gasteiger partial charge in [-0.2, -0.15) is 0 Å². The average molecular weight is 377 g/mol. The summed E-state index contributed by atoms with van der Waals surface area (Å²) in [6.07, 6.45) is 1.87. The molecule has 0 bridgehead atoms. The molecule has 0 heterocycles. The van der Waals surface area contributed by atoms with Crippen molar-refractivity contribution in [1.82, 2.24) is 10.6 Å². The molecule has 0 saturated carbocycles. The van der Waals surface area contributed by atoms with Gasteiger partial charge in [-0.3, -0.25) is 0 Å². The fourth-order valence-electron chi connectivity index (χ4n) is 3.70. The van der Waals surface area contributed by atoms with E-state index in [0.717, 1.165) is 12.8 Å². The Morgan fingerprint density at radius 2 is 1.00 bits per heavy atom. The van der Waals surface area contributed by atoms with Crippen molar-refractivity contribution in [2.75, 3.05) is 0 Å². The lowest BCUT2D eigenvalue weighted by molar-refractivity contribution is 0.317. The summed E-state index contributed by atoms with van der Waals surface area (Å²) in [6.45, 7) is 17.1. The molecule has 2 N–H and O–H groups in total.